The van der Waals surface area contributed by atoms with E-state index >= 15 is 0 Å². The molecule has 1 unspecified atom stereocenters. The average molecular weight is 920 g/mol. The summed E-state index contributed by atoms with van der Waals surface area (Å²) in [4.78, 5) is 2.59. The number of fused-ring (bicyclic) bond motifs is 7. The SMILES string of the molecule is CC(C)(C)c1cc(-c2cccc3cccc(-c4ccccc4N(c4ccccc4-c4cccc5c4-c4ccccc4C5(C)c4ccccc4)c4cccc5sc6ccccc6c45)c23)cc(C(C)(C)C)c1. The standard InChI is InChI=1S/C68H57NS/c1-66(2,3)47-41-45(42-48(43-47)67(4,5)6)49-31-19-23-44-24-20-32-52(63(44)49)50-27-12-16-36-58(50)69(60-38-22-40-62-65(60)55-30-14-18-39-61(55)70-62)59-37-17-13-28-51(59)53-33-21-35-57-64(53)54-29-11-15-34-56(54)68(57,7)46-25-9-8-10-26-46/h8-43H,1-7H3. The van der Waals surface area contributed by atoms with E-state index in [4.69, 9.17) is 0 Å². The molecule has 0 N–H and O–H groups in total. The highest BCUT2D eigenvalue weighted by Gasteiger charge is 2.42. The van der Waals surface area contributed by atoms with E-state index in [2.05, 4.69) is 272 Å². The number of hydrogen-bond acceptors (Lipinski definition) is 2. The molecule has 2 heteroatoms. The summed E-state index contributed by atoms with van der Waals surface area (Å²) in [5.41, 5.74) is 19.6. The predicted octanol–water partition coefficient (Wildman–Crippen LogP) is 19.6. The maximum atomic E-state index is 2.59. The summed E-state index contributed by atoms with van der Waals surface area (Å²) in [5, 5.41) is 5.02. The third-order valence-corrected chi connectivity index (χ3v) is 16.2. The first kappa shape index (κ1) is 43.7. The third kappa shape index (κ3) is 7.03. The van der Waals surface area contributed by atoms with E-state index in [1.54, 1.807) is 0 Å². The third-order valence-electron chi connectivity index (χ3n) is 15.1. The minimum Gasteiger partial charge on any atom is -0.309 e. The van der Waals surface area contributed by atoms with Crippen molar-refractivity contribution in [2.24, 2.45) is 0 Å². The topological polar surface area (TPSA) is 3.24 Å². The van der Waals surface area contributed by atoms with Gasteiger partial charge in [0.2, 0.25) is 0 Å². The minimum atomic E-state index is -0.322. The van der Waals surface area contributed by atoms with Gasteiger partial charge in [0.15, 0.2) is 0 Å². The van der Waals surface area contributed by atoms with E-state index in [1.807, 2.05) is 11.3 Å². The molecule has 0 spiro atoms. The Morgan fingerprint density at radius 1 is 0.386 bits per heavy atom. The highest BCUT2D eigenvalue weighted by molar-refractivity contribution is 7.26. The zero-order valence-corrected chi connectivity index (χ0v) is 42.0. The second-order valence-electron chi connectivity index (χ2n) is 21.4. The summed E-state index contributed by atoms with van der Waals surface area (Å²) in [5.74, 6) is 0. The summed E-state index contributed by atoms with van der Waals surface area (Å²) in [6.07, 6.45) is 0. The summed E-state index contributed by atoms with van der Waals surface area (Å²) in [7, 11) is 0. The van der Waals surface area contributed by atoms with Gasteiger partial charge >= 0.3 is 0 Å². The largest absolute Gasteiger partial charge is 0.309 e. The molecule has 0 radical (unpaired) electrons. The van der Waals surface area contributed by atoms with Gasteiger partial charge < -0.3 is 4.90 Å². The second-order valence-corrected chi connectivity index (χ2v) is 22.5. The highest BCUT2D eigenvalue weighted by atomic mass is 32.1. The number of nitrogens with zero attached hydrogens (tertiary/aromatic N) is 1. The molecule has 0 saturated carbocycles. The van der Waals surface area contributed by atoms with Crippen molar-refractivity contribution in [2.45, 2.75) is 64.7 Å². The Kier molecular flexibility index (Phi) is 10.4. The van der Waals surface area contributed by atoms with E-state index < -0.39 is 0 Å². The van der Waals surface area contributed by atoms with E-state index in [0.717, 1.165) is 17.1 Å². The van der Waals surface area contributed by atoms with Gasteiger partial charge in [0.1, 0.15) is 0 Å². The molecule has 11 aromatic rings. The Morgan fingerprint density at radius 3 is 1.59 bits per heavy atom. The maximum Gasteiger partial charge on any atom is 0.0555 e. The number of benzene rings is 10. The molecular formula is C68H57NS. The van der Waals surface area contributed by atoms with Crippen LogP contribution in [0, 0.1) is 0 Å². The molecule has 10 aromatic carbocycles. The quantitative estimate of drug-likeness (QED) is 0.154. The van der Waals surface area contributed by atoms with E-state index in [0.29, 0.717) is 0 Å². The summed E-state index contributed by atoms with van der Waals surface area (Å²) in [6.45, 7) is 16.4. The van der Waals surface area contributed by atoms with E-state index in [1.165, 1.54) is 103 Å². The van der Waals surface area contributed by atoms with Crippen molar-refractivity contribution in [1.82, 2.24) is 0 Å². The van der Waals surface area contributed by atoms with Gasteiger partial charge in [0, 0.05) is 36.7 Å². The molecule has 0 aliphatic heterocycles. The first-order valence-electron chi connectivity index (χ1n) is 24.8. The second kappa shape index (κ2) is 16.6. The van der Waals surface area contributed by atoms with Crippen LogP contribution in [0.5, 0.6) is 0 Å². The van der Waals surface area contributed by atoms with Crippen LogP contribution in [0.1, 0.15) is 76.3 Å². The molecule has 0 fully saturated rings. The fourth-order valence-corrected chi connectivity index (χ4v) is 12.6. The van der Waals surface area contributed by atoms with Gasteiger partial charge in [0.25, 0.3) is 0 Å². The van der Waals surface area contributed by atoms with Crippen molar-refractivity contribution in [3.05, 3.63) is 246 Å². The molecule has 1 aliphatic carbocycles. The molecule has 1 aromatic heterocycles. The lowest BCUT2D eigenvalue weighted by Crippen LogP contribution is -2.22. The maximum absolute atomic E-state index is 2.59. The average Bonchev–Trinajstić information content (AvgIpc) is 3.90. The first-order valence-corrected chi connectivity index (χ1v) is 25.6. The van der Waals surface area contributed by atoms with Crippen molar-refractivity contribution >= 4 is 59.3 Å². The van der Waals surface area contributed by atoms with Gasteiger partial charge in [-0.25, -0.2) is 0 Å². The monoisotopic (exact) mass is 919 g/mol. The summed E-state index contributed by atoms with van der Waals surface area (Å²) < 4.78 is 2.56. The van der Waals surface area contributed by atoms with Crippen LogP contribution < -0.4 is 4.90 Å². The van der Waals surface area contributed by atoms with Crippen LogP contribution in [0.3, 0.4) is 0 Å². The van der Waals surface area contributed by atoms with Crippen molar-refractivity contribution in [1.29, 1.82) is 0 Å². The molecular weight excluding hydrogens is 863 g/mol. The van der Waals surface area contributed by atoms with Crippen LogP contribution >= 0.6 is 11.3 Å². The van der Waals surface area contributed by atoms with Gasteiger partial charge in [-0.05, 0) is 120 Å². The van der Waals surface area contributed by atoms with E-state index in [9.17, 15) is 0 Å². The predicted molar refractivity (Wildman–Crippen MR) is 303 cm³/mol. The fourth-order valence-electron chi connectivity index (χ4n) is 11.4. The number of anilines is 3. The van der Waals surface area contributed by atoms with Crippen molar-refractivity contribution in [3.8, 4) is 44.5 Å². The Morgan fingerprint density at radius 2 is 0.886 bits per heavy atom. The van der Waals surface area contributed by atoms with Gasteiger partial charge in [0.05, 0.1) is 17.1 Å². The minimum absolute atomic E-state index is 0.0160. The Bertz CT molecular complexity index is 3780. The van der Waals surface area contributed by atoms with Crippen LogP contribution in [0.4, 0.5) is 17.1 Å². The lowest BCUT2D eigenvalue weighted by molar-refractivity contribution is 0.569. The molecule has 12 rings (SSSR count). The van der Waals surface area contributed by atoms with Crippen LogP contribution in [-0.4, -0.2) is 0 Å². The fraction of sp³-hybridized carbons (Fsp3) is 0.147. The molecule has 1 heterocycles. The molecule has 0 saturated heterocycles. The van der Waals surface area contributed by atoms with Gasteiger partial charge in [-0.3, -0.25) is 0 Å². The van der Waals surface area contributed by atoms with Crippen LogP contribution in [0.25, 0.3) is 75.5 Å². The number of hydrogen-bond donors (Lipinski definition) is 0. The molecule has 0 amide bonds. The molecule has 340 valence electrons. The number of thiophene rings is 1. The Labute approximate surface area is 417 Å². The number of para-hydroxylation sites is 2. The van der Waals surface area contributed by atoms with Gasteiger partial charge in [-0.2, -0.15) is 0 Å². The van der Waals surface area contributed by atoms with E-state index in [-0.39, 0.29) is 16.2 Å². The molecule has 1 nitrogen and oxygen atoms in total. The molecule has 0 bridgehead atoms. The smallest absolute Gasteiger partial charge is 0.0555 e. The highest BCUT2D eigenvalue weighted by Crippen LogP contribution is 2.57. The Balaban J connectivity index is 1.15. The summed E-state index contributed by atoms with van der Waals surface area (Å²) in [6, 6.07) is 82.2. The molecule has 70 heavy (non-hydrogen) atoms. The Hall–Kier alpha value is -7.52. The van der Waals surface area contributed by atoms with Crippen LogP contribution in [-0.2, 0) is 16.2 Å². The zero-order chi connectivity index (χ0) is 47.9. The zero-order valence-electron chi connectivity index (χ0n) is 41.1. The van der Waals surface area contributed by atoms with Crippen molar-refractivity contribution < 1.29 is 0 Å². The molecule has 1 aliphatic rings. The van der Waals surface area contributed by atoms with Gasteiger partial charge in [-0.1, -0.05) is 230 Å². The lowest BCUT2D eigenvalue weighted by Gasteiger charge is -2.31. The lowest BCUT2D eigenvalue weighted by atomic mass is 9.74. The molecule has 1 atom stereocenters. The first-order chi connectivity index (χ1) is 33.9. The van der Waals surface area contributed by atoms with Crippen molar-refractivity contribution in [3.63, 3.8) is 0 Å². The van der Waals surface area contributed by atoms with Crippen LogP contribution in [0.15, 0.2) is 218 Å². The number of rotatable bonds is 7. The van der Waals surface area contributed by atoms with Crippen LogP contribution in [0.2, 0.25) is 0 Å². The normalized spacial score (nSPS) is 14.6. The van der Waals surface area contributed by atoms with Crippen molar-refractivity contribution in [2.75, 3.05) is 4.90 Å². The van der Waals surface area contributed by atoms with Gasteiger partial charge in [-0.15, -0.1) is 11.3 Å². The summed E-state index contributed by atoms with van der Waals surface area (Å²) >= 11 is 1.87.